The maximum atomic E-state index is 11.0. The number of nitrogens with zero attached hydrogens (tertiary/aromatic N) is 4. The van der Waals surface area contributed by atoms with Gasteiger partial charge in [-0.3, -0.25) is 10.0 Å². The molecule has 2 aromatic heterocycles. The third kappa shape index (κ3) is 1.29. The average molecular weight is 193 g/mol. The molecule has 0 saturated carbocycles. The number of rotatable bonds is 1. The van der Waals surface area contributed by atoms with Gasteiger partial charge in [-0.05, 0) is 13.0 Å². The molecule has 0 aliphatic heterocycles. The van der Waals surface area contributed by atoms with Gasteiger partial charge in [-0.25, -0.2) is 15.0 Å². The SMILES string of the molecule is Cc1nc2nc(C(=O)NO)ccn2n1. The third-order valence-electron chi connectivity index (χ3n) is 1.65. The van der Waals surface area contributed by atoms with Crippen LogP contribution in [0.25, 0.3) is 5.78 Å². The van der Waals surface area contributed by atoms with Crippen LogP contribution < -0.4 is 5.48 Å². The Morgan fingerprint density at radius 1 is 1.57 bits per heavy atom. The van der Waals surface area contributed by atoms with E-state index in [1.54, 1.807) is 13.1 Å². The maximum absolute atomic E-state index is 11.0. The number of fused-ring (bicyclic) bond motifs is 1. The van der Waals surface area contributed by atoms with Crippen molar-refractivity contribution in [1.82, 2.24) is 25.1 Å². The lowest BCUT2D eigenvalue weighted by Crippen LogP contribution is -2.20. The van der Waals surface area contributed by atoms with Crippen molar-refractivity contribution < 1.29 is 10.0 Å². The van der Waals surface area contributed by atoms with Crippen LogP contribution in [0.15, 0.2) is 12.3 Å². The molecule has 0 spiro atoms. The topological polar surface area (TPSA) is 92.4 Å². The second-order valence-corrected chi connectivity index (χ2v) is 2.66. The first kappa shape index (κ1) is 8.57. The summed E-state index contributed by atoms with van der Waals surface area (Å²) in [7, 11) is 0. The van der Waals surface area contributed by atoms with Crippen LogP contribution in [0.2, 0.25) is 0 Å². The molecule has 0 bridgehead atoms. The summed E-state index contributed by atoms with van der Waals surface area (Å²) in [4.78, 5) is 18.8. The first-order chi connectivity index (χ1) is 6.70. The van der Waals surface area contributed by atoms with Crippen LogP contribution in [0.4, 0.5) is 0 Å². The van der Waals surface area contributed by atoms with Gasteiger partial charge in [-0.2, -0.15) is 10.1 Å². The van der Waals surface area contributed by atoms with Gasteiger partial charge in [0.2, 0.25) is 0 Å². The van der Waals surface area contributed by atoms with E-state index in [0.717, 1.165) is 0 Å². The predicted molar refractivity (Wildman–Crippen MR) is 44.8 cm³/mol. The molecule has 2 N–H and O–H groups in total. The van der Waals surface area contributed by atoms with Gasteiger partial charge >= 0.3 is 0 Å². The van der Waals surface area contributed by atoms with E-state index >= 15 is 0 Å². The molecule has 2 rings (SSSR count). The highest BCUT2D eigenvalue weighted by atomic mass is 16.5. The smallest absolute Gasteiger partial charge is 0.288 e. The van der Waals surface area contributed by atoms with Crippen molar-refractivity contribution in [3.05, 3.63) is 23.8 Å². The van der Waals surface area contributed by atoms with Gasteiger partial charge in [0.25, 0.3) is 11.7 Å². The van der Waals surface area contributed by atoms with Crippen molar-refractivity contribution in [3.8, 4) is 0 Å². The van der Waals surface area contributed by atoms with E-state index in [4.69, 9.17) is 5.21 Å². The van der Waals surface area contributed by atoms with Crippen LogP contribution in [0.3, 0.4) is 0 Å². The normalized spacial score (nSPS) is 10.4. The molecular weight excluding hydrogens is 186 g/mol. The summed E-state index contributed by atoms with van der Waals surface area (Å²) in [6.45, 7) is 1.72. The number of carbonyl (C=O) groups is 1. The van der Waals surface area contributed by atoms with Gasteiger partial charge in [-0.15, -0.1) is 0 Å². The highest BCUT2D eigenvalue weighted by molar-refractivity contribution is 5.91. The lowest BCUT2D eigenvalue weighted by atomic mass is 10.4. The van der Waals surface area contributed by atoms with Gasteiger partial charge in [-0.1, -0.05) is 0 Å². The third-order valence-corrected chi connectivity index (χ3v) is 1.65. The minimum atomic E-state index is -0.673. The van der Waals surface area contributed by atoms with Crippen molar-refractivity contribution in [2.24, 2.45) is 0 Å². The molecule has 0 unspecified atom stereocenters. The minimum absolute atomic E-state index is 0.0902. The van der Waals surface area contributed by atoms with Crippen LogP contribution >= 0.6 is 0 Å². The summed E-state index contributed by atoms with van der Waals surface area (Å²) in [6.07, 6.45) is 1.55. The monoisotopic (exact) mass is 193 g/mol. The van der Waals surface area contributed by atoms with Crippen molar-refractivity contribution in [2.75, 3.05) is 0 Å². The fourth-order valence-electron chi connectivity index (χ4n) is 1.07. The Kier molecular flexibility index (Phi) is 1.86. The van der Waals surface area contributed by atoms with Crippen LogP contribution in [0.5, 0.6) is 0 Å². The molecule has 0 radical (unpaired) electrons. The first-order valence-electron chi connectivity index (χ1n) is 3.85. The van der Waals surface area contributed by atoms with Crippen molar-refractivity contribution >= 4 is 11.7 Å². The zero-order chi connectivity index (χ0) is 10.1. The number of amides is 1. The molecule has 72 valence electrons. The Morgan fingerprint density at radius 2 is 2.36 bits per heavy atom. The van der Waals surface area contributed by atoms with Crippen molar-refractivity contribution in [1.29, 1.82) is 0 Å². The summed E-state index contributed by atoms with van der Waals surface area (Å²) < 4.78 is 1.45. The van der Waals surface area contributed by atoms with Crippen molar-refractivity contribution in [2.45, 2.75) is 6.92 Å². The zero-order valence-corrected chi connectivity index (χ0v) is 7.30. The van der Waals surface area contributed by atoms with E-state index in [1.165, 1.54) is 16.1 Å². The highest BCUT2D eigenvalue weighted by Gasteiger charge is 2.08. The fraction of sp³-hybridized carbons (Fsp3) is 0.143. The lowest BCUT2D eigenvalue weighted by Gasteiger charge is -1.96. The van der Waals surface area contributed by atoms with Crippen molar-refractivity contribution in [3.63, 3.8) is 0 Å². The number of aromatic nitrogens is 4. The Labute approximate surface area is 78.4 Å². The second-order valence-electron chi connectivity index (χ2n) is 2.66. The van der Waals surface area contributed by atoms with Gasteiger partial charge in [0.15, 0.2) is 0 Å². The molecule has 0 fully saturated rings. The average Bonchev–Trinajstić information content (AvgIpc) is 2.55. The summed E-state index contributed by atoms with van der Waals surface area (Å²) >= 11 is 0. The zero-order valence-electron chi connectivity index (χ0n) is 7.30. The largest absolute Gasteiger partial charge is 0.293 e. The Balaban J connectivity index is 2.55. The molecule has 0 atom stereocenters. The molecule has 0 aliphatic rings. The Bertz CT molecular complexity index is 492. The summed E-state index contributed by atoms with van der Waals surface area (Å²) in [5, 5.41) is 12.4. The first-order valence-corrected chi connectivity index (χ1v) is 3.85. The number of hydrogen-bond acceptors (Lipinski definition) is 5. The minimum Gasteiger partial charge on any atom is -0.288 e. The van der Waals surface area contributed by atoms with Crippen LogP contribution in [0.1, 0.15) is 16.3 Å². The van der Waals surface area contributed by atoms with Gasteiger partial charge in [0.05, 0.1) is 0 Å². The Hall–Kier alpha value is -2.02. The Morgan fingerprint density at radius 3 is 3.07 bits per heavy atom. The van der Waals surface area contributed by atoms with E-state index in [1.807, 2.05) is 0 Å². The van der Waals surface area contributed by atoms with E-state index in [9.17, 15) is 4.79 Å². The predicted octanol–water partition coefficient (Wildman–Crippen LogP) is -0.448. The maximum Gasteiger partial charge on any atom is 0.293 e. The lowest BCUT2D eigenvalue weighted by molar-refractivity contribution is 0.0701. The van der Waals surface area contributed by atoms with Gasteiger partial charge in [0.1, 0.15) is 11.5 Å². The van der Waals surface area contributed by atoms with Gasteiger partial charge in [0, 0.05) is 6.20 Å². The number of hydroxylamine groups is 1. The molecule has 14 heavy (non-hydrogen) atoms. The molecule has 2 heterocycles. The molecular formula is C7H7N5O2. The number of nitrogens with one attached hydrogen (secondary N) is 1. The van der Waals surface area contributed by atoms with Crippen LogP contribution in [-0.2, 0) is 0 Å². The molecule has 7 nitrogen and oxygen atoms in total. The summed E-state index contributed by atoms with van der Waals surface area (Å²) in [5.41, 5.74) is 1.58. The van der Waals surface area contributed by atoms with Gasteiger partial charge < -0.3 is 0 Å². The second kappa shape index (κ2) is 3.04. The molecule has 2 aromatic rings. The summed E-state index contributed by atoms with van der Waals surface area (Å²) in [5.74, 6) is 0.218. The number of aryl methyl sites for hydroxylation is 1. The molecule has 0 saturated heterocycles. The highest BCUT2D eigenvalue weighted by Crippen LogP contribution is 1.99. The quantitative estimate of drug-likeness (QED) is 0.472. The molecule has 0 aromatic carbocycles. The van der Waals surface area contributed by atoms with E-state index in [-0.39, 0.29) is 5.69 Å². The van der Waals surface area contributed by atoms with Crippen LogP contribution in [-0.4, -0.2) is 30.7 Å². The fourth-order valence-corrected chi connectivity index (χ4v) is 1.07. The summed E-state index contributed by atoms with van der Waals surface area (Å²) in [6, 6.07) is 1.44. The standard InChI is InChI=1S/C7H7N5O2/c1-4-8-7-9-5(6(13)11-14)2-3-12(7)10-4/h2-3,14H,1H3,(H,11,13). The number of carbonyl (C=O) groups excluding carboxylic acids is 1. The number of hydrogen-bond donors (Lipinski definition) is 2. The van der Waals surface area contributed by atoms with E-state index in [0.29, 0.717) is 11.6 Å². The van der Waals surface area contributed by atoms with E-state index < -0.39 is 5.91 Å². The molecule has 1 amide bonds. The van der Waals surface area contributed by atoms with E-state index in [2.05, 4.69) is 15.1 Å². The molecule has 7 heteroatoms. The van der Waals surface area contributed by atoms with Crippen LogP contribution in [0, 0.1) is 6.92 Å². The molecule has 0 aliphatic carbocycles.